The molecular weight excluding hydrogens is 354 g/mol. The van der Waals surface area contributed by atoms with Gasteiger partial charge in [-0.2, -0.15) is 5.10 Å². The van der Waals surface area contributed by atoms with Crippen LogP contribution in [0, 0.1) is 0 Å². The predicted molar refractivity (Wildman–Crippen MR) is 112 cm³/mol. The van der Waals surface area contributed by atoms with Crippen LogP contribution in [-0.2, 0) is 19.0 Å². The Morgan fingerprint density at radius 1 is 1.36 bits per heavy atom. The molecule has 0 aromatic carbocycles. The van der Waals surface area contributed by atoms with Gasteiger partial charge < -0.3 is 20.0 Å². The minimum Gasteiger partial charge on any atom is -0.443 e. The first-order chi connectivity index (χ1) is 13.3. The van der Waals surface area contributed by atoms with Crippen LogP contribution in [0.1, 0.15) is 52.2 Å². The van der Waals surface area contributed by atoms with E-state index in [1.165, 1.54) is 5.69 Å². The molecule has 2 aromatic rings. The third-order valence-electron chi connectivity index (χ3n) is 4.83. The lowest BCUT2D eigenvalue weighted by molar-refractivity contribution is 0.383. The Morgan fingerprint density at radius 2 is 2.18 bits per heavy atom. The number of aliphatic imine (C=N–C) groups is 1. The van der Waals surface area contributed by atoms with Crippen molar-refractivity contribution in [2.24, 2.45) is 12.0 Å². The van der Waals surface area contributed by atoms with Gasteiger partial charge in [0.2, 0.25) is 5.89 Å². The molecule has 1 fully saturated rings. The van der Waals surface area contributed by atoms with Crippen molar-refractivity contribution in [1.82, 2.24) is 25.4 Å². The Hall–Kier alpha value is -2.51. The van der Waals surface area contributed by atoms with Crippen LogP contribution in [-0.4, -0.2) is 46.4 Å². The Kier molecular flexibility index (Phi) is 6.26. The molecule has 2 aromatic heterocycles. The topological polar surface area (TPSA) is 83.5 Å². The summed E-state index contributed by atoms with van der Waals surface area (Å²) in [5.41, 5.74) is 1.13. The van der Waals surface area contributed by atoms with Crippen LogP contribution in [0.15, 0.2) is 28.0 Å². The summed E-state index contributed by atoms with van der Waals surface area (Å²) >= 11 is 0. The molecule has 1 saturated heterocycles. The lowest BCUT2D eigenvalue weighted by Gasteiger charge is -2.34. The van der Waals surface area contributed by atoms with Crippen LogP contribution in [0.3, 0.4) is 0 Å². The quantitative estimate of drug-likeness (QED) is 0.606. The van der Waals surface area contributed by atoms with Gasteiger partial charge in [0.25, 0.3) is 0 Å². The molecule has 1 aliphatic heterocycles. The normalized spacial score (nSPS) is 18.4. The van der Waals surface area contributed by atoms with Crippen LogP contribution >= 0.6 is 0 Å². The maximum atomic E-state index is 5.85. The number of piperidine rings is 1. The highest BCUT2D eigenvalue weighted by Gasteiger charge is 2.22. The Labute approximate surface area is 167 Å². The molecule has 2 N–H and O–H groups in total. The van der Waals surface area contributed by atoms with Gasteiger partial charge in [-0.1, -0.05) is 20.8 Å². The van der Waals surface area contributed by atoms with Crippen molar-refractivity contribution in [2.45, 2.75) is 58.5 Å². The molecule has 8 heteroatoms. The minimum absolute atomic E-state index is 0.0461. The van der Waals surface area contributed by atoms with Crippen LogP contribution in [0.2, 0.25) is 0 Å². The third-order valence-corrected chi connectivity index (χ3v) is 4.83. The monoisotopic (exact) mass is 387 g/mol. The third kappa shape index (κ3) is 5.27. The smallest absolute Gasteiger partial charge is 0.216 e. The number of aryl methyl sites for hydroxylation is 1. The van der Waals surface area contributed by atoms with Crippen molar-refractivity contribution in [1.29, 1.82) is 0 Å². The van der Waals surface area contributed by atoms with E-state index in [0.29, 0.717) is 18.5 Å². The van der Waals surface area contributed by atoms with Crippen molar-refractivity contribution in [3.05, 3.63) is 30.2 Å². The number of nitrogens with zero attached hydrogens (tertiary/aromatic N) is 5. The summed E-state index contributed by atoms with van der Waals surface area (Å²) in [6, 6.07) is 0.335. The van der Waals surface area contributed by atoms with Gasteiger partial charge in [0.15, 0.2) is 5.96 Å². The first kappa shape index (κ1) is 20.2. The first-order valence-corrected chi connectivity index (χ1v) is 10.1. The van der Waals surface area contributed by atoms with E-state index in [1.807, 2.05) is 17.9 Å². The van der Waals surface area contributed by atoms with E-state index in [4.69, 9.17) is 4.42 Å². The minimum atomic E-state index is -0.0461. The largest absolute Gasteiger partial charge is 0.443 e. The van der Waals surface area contributed by atoms with Crippen molar-refractivity contribution < 1.29 is 4.42 Å². The molecule has 0 saturated carbocycles. The highest BCUT2D eigenvalue weighted by molar-refractivity contribution is 5.80. The summed E-state index contributed by atoms with van der Waals surface area (Å²) in [5.74, 6) is 2.33. The van der Waals surface area contributed by atoms with Gasteiger partial charge in [0.05, 0.1) is 18.1 Å². The van der Waals surface area contributed by atoms with Gasteiger partial charge >= 0.3 is 0 Å². The first-order valence-electron chi connectivity index (χ1n) is 10.1. The number of hydrogen-bond donors (Lipinski definition) is 2. The van der Waals surface area contributed by atoms with E-state index < -0.39 is 0 Å². The van der Waals surface area contributed by atoms with Crippen LogP contribution in [0.25, 0.3) is 0 Å². The number of oxazole rings is 1. The molecule has 0 bridgehead atoms. The van der Waals surface area contributed by atoms with Gasteiger partial charge in [-0.15, -0.1) is 0 Å². The summed E-state index contributed by atoms with van der Waals surface area (Å²) in [6.07, 6.45) is 8.06. The molecule has 3 heterocycles. The number of anilines is 1. The number of guanidine groups is 1. The van der Waals surface area contributed by atoms with E-state index >= 15 is 0 Å². The van der Waals surface area contributed by atoms with E-state index in [0.717, 1.165) is 44.2 Å². The highest BCUT2D eigenvalue weighted by Crippen LogP contribution is 2.23. The molecule has 0 radical (unpaired) electrons. The van der Waals surface area contributed by atoms with Crippen molar-refractivity contribution in [3.63, 3.8) is 0 Å². The molecule has 8 nitrogen and oxygen atoms in total. The van der Waals surface area contributed by atoms with Crippen molar-refractivity contribution >= 4 is 11.6 Å². The zero-order valence-electron chi connectivity index (χ0n) is 17.7. The maximum Gasteiger partial charge on any atom is 0.216 e. The SMILES string of the molecule is CCNC(=NCc1ncc(C(C)(C)C)o1)NC1CCCN(c2cnn(C)c2)C1. The fourth-order valence-corrected chi connectivity index (χ4v) is 3.29. The van der Waals surface area contributed by atoms with Gasteiger partial charge in [0.1, 0.15) is 12.3 Å². The molecule has 1 aliphatic rings. The fraction of sp³-hybridized carbons (Fsp3) is 0.650. The van der Waals surface area contributed by atoms with E-state index in [2.05, 4.69) is 64.5 Å². The van der Waals surface area contributed by atoms with Gasteiger partial charge in [-0.05, 0) is 19.8 Å². The van der Waals surface area contributed by atoms with Crippen LogP contribution in [0.4, 0.5) is 5.69 Å². The molecule has 3 rings (SSSR count). The lowest BCUT2D eigenvalue weighted by atomic mass is 9.94. The van der Waals surface area contributed by atoms with Crippen LogP contribution in [0.5, 0.6) is 0 Å². The molecule has 1 atom stereocenters. The molecule has 1 unspecified atom stereocenters. The second-order valence-electron chi connectivity index (χ2n) is 8.37. The predicted octanol–water partition coefficient (Wildman–Crippen LogP) is 2.43. The zero-order chi connectivity index (χ0) is 20.1. The number of hydrogen-bond acceptors (Lipinski definition) is 5. The lowest BCUT2D eigenvalue weighted by Crippen LogP contribution is -2.51. The average Bonchev–Trinajstić information content (AvgIpc) is 3.29. The molecular formula is C20H33N7O. The second kappa shape index (κ2) is 8.67. The Balaban J connectivity index is 1.61. The molecule has 0 aliphatic carbocycles. The number of aromatic nitrogens is 3. The van der Waals surface area contributed by atoms with E-state index in [1.54, 1.807) is 6.20 Å². The Bertz CT molecular complexity index is 787. The zero-order valence-corrected chi connectivity index (χ0v) is 17.7. The molecule has 154 valence electrons. The Morgan fingerprint density at radius 3 is 2.82 bits per heavy atom. The fourth-order valence-electron chi connectivity index (χ4n) is 3.29. The van der Waals surface area contributed by atoms with Gasteiger partial charge in [-0.3, -0.25) is 4.68 Å². The number of rotatable bonds is 5. The summed E-state index contributed by atoms with van der Waals surface area (Å²) in [6.45, 7) is 11.6. The molecule has 28 heavy (non-hydrogen) atoms. The standard InChI is InChI=1S/C20H33N7O/c1-6-21-19(23-12-18-22-11-17(28-18)20(2,3)4)25-15-8-7-9-27(13-15)16-10-24-26(5)14-16/h10-11,14-15H,6-9,12-13H2,1-5H3,(H2,21,23,25). The van der Waals surface area contributed by atoms with Crippen molar-refractivity contribution in [2.75, 3.05) is 24.5 Å². The summed E-state index contributed by atoms with van der Waals surface area (Å²) in [5, 5.41) is 11.2. The number of nitrogens with one attached hydrogen (secondary N) is 2. The molecule has 0 spiro atoms. The summed E-state index contributed by atoms with van der Waals surface area (Å²) in [4.78, 5) is 11.4. The van der Waals surface area contributed by atoms with Gasteiger partial charge in [0, 0.05) is 44.3 Å². The highest BCUT2D eigenvalue weighted by atomic mass is 16.4. The summed E-state index contributed by atoms with van der Waals surface area (Å²) < 4.78 is 7.70. The summed E-state index contributed by atoms with van der Waals surface area (Å²) in [7, 11) is 1.95. The second-order valence-corrected chi connectivity index (χ2v) is 8.37. The van der Waals surface area contributed by atoms with Crippen molar-refractivity contribution in [3.8, 4) is 0 Å². The molecule has 0 amide bonds. The average molecular weight is 388 g/mol. The maximum absolute atomic E-state index is 5.85. The van der Waals surface area contributed by atoms with Crippen LogP contribution < -0.4 is 15.5 Å². The van der Waals surface area contributed by atoms with E-state index in [-0.39, 0.29) is 5.41 Å². The van der Waals surface area contributed by atoms with E-state index in [9.17, 15) is 0 Å². The van der Waals surface area contributed by atoms with Gasteiger partial charge in [-0.25, -0.2) is 9.98 Å².